The van der Waals surface area contributed by atoms with Crippen LogP contribution in [0.15, 0.2) is 59.0 Å². The maximum Gasteiger partial charge on any atom is 0.328 e. The first-order valence-corrected chi connectivity index (χ1v) is 9.08. The molecule has 3 rings (SSSR count). The fraction of sp³-hybridized carbons (Fsp3) is 0.273. The molecule has 0 aliphatic heterocycles. The van der Waals surface area contributed by atoms with E-state index in [1.165, 1.54) is 7.11 Å². The Morgan fingerprint density at radius 1 is 1.04 bits per heavy atom. The molecule has 0 aliphatic rings. The lowest BCUT2D eigenvalue weighted by Gasteiger charge is -2.19. The molecule has 6 nitrogen and oxygen atoms in total. The average Bonchev–Trinajstić information content (AvgIpc) is 3.09. The molecule has 0 saturated carbocycles. The Kier molecular flexibility index (Phi) is 5.99. The molecule has 1 aromatic heterocycles. The van der Waals surface area contributed by atoms with Crippen molar-refractivity contribution in [2.75, 3.05) is 7.11 Å². The molecule has 2 aromatic carbocycles. The van der Waals surface area contributed by atoms with Crippen molar-refractivity contribution in [1.82, 2.24) is 5.32 Å². The number of hydrogen-bond donors (Lipinski definition) is 1. The number of carbonyl (C=O) groups is 2. The van der Waals surface area contributed by atoms with Crippen LogP contribution < -0.4 is 10.1 Å². The number of ether oxygens (including phenoxy) is 2. The van der Waals surface area contributed by atoms with Crippen molar-refractivity contribution in [1.29, 1.82) is 0 Å². The Morgan fingerprint density at radius 3 is 2.39 bits per heavy atom. The summed E-state index contributed by atoms with van der Waals surface area (Å²) in [5.74, 6) is -0.293. The lowest BCUT2D eigenvalue weighted by Crippen LogP contribution is -2.45. The molecular weight excluding hydrogens is 358 g/mol. The number of fused-ring (bicyclic) bond motifs is 1. The highest BCUT2D eigenvalue weighted by Gasteiger charge is 2.29. The Morgan fingerprint density at radius 2 is 1.71 bits per heavy atom. The normalized spacial score (nSPS) is 12.0. The van der Waals surface area contributed by atoms with E-state index in [0.29, 0.717) is 16.9 Å². The molecule has 1 heterocycles. The van der Waals surface area contributed by atoms with Gasteiger partial charge in [-0.05, 0) is 24.1 Å². The predicted molar refractivity (Wildman–Crippen MR) is 105 cm³/mol. The van der Waals surface area contributed by atoms with Gasteiger partial charge in [0.2, 0.25) is 0 Å². The van der Waals surface area contributed by atoms with Gasteiger partial charge >= 0.3 is 5.97 Å². The first kappa shape index (κ1) is 19.5. The van der Waals surface area contributed by atoms with Crippen molar-refractivity contribution in [3.8, 4) is 5.75 Å². The maximum atomic E-state index is 12.9. The second kappa shape index (κ2) is 8.61. The number of furan rings is 1. The maximum absolute atomic E-state index is 12.9. The molecular formula is C22H23NO5. The summed E-state index contributed by atoms with van der Waals surface area (Å²) in [7, 11) is 1.30. The summed E-state index contributed by atoms with van der Waals surface area (Å²) in [6.45, 7) is 3.83. The highest BCUT2D eigenvalue weighted by atomic mass is 16.5. The van der Waals surface area contributed by atoms with E-state index in [9.17, 15) is 9.59 Å². The molecule has 1 N–H and O–H groups in total. The molecule has 28 heavy (non-hydrogen) atoms. The van der Waals surface area contributed by atoms with Gasteiger partial charge in [-0.3, -0.25) is 4.79 Å². The van der Waals surface area contributed by atoms with Crippen LogP contribution in [0.3, 0.4) is 0 Å². The first-order chi connectivity index (χ1) is 13.5. The average molecular weight is 381 g/mol. The molecule has 0 saturated heterocycles. The fourth-order valence-corrected chi connectivity index (χ4v) is 2.93. The van der Waals surface area contributed by atoms with Gasteiger partial charge in [-0.2, -0.15) is 0 Å². The Balaban J connectivity index is 1.91. The van der Waals surface area contributed by atoms with Crippen LogP contribution >= 0.6 is 0 Å². The number of benzene rings is 2. The minimum absolute atomic E-state index is 0.131. The Hall–Kier alpha value is -3.28. The van der Waals surface area contributed by atoms with E-state index in [1.54, 1.807) is 6.07 Å². The van der Waals surface area contributed by atoms with Crippen LogP contribution in [0.5, 0.6) is 5.75 Å². The summed E-state index contributed by atoms with van der Waals surface area (Å²) < 4.78 is 16.4. The quantitative estimate of drug-likeness (QED) is 0.627. The highest BCUT2D eigenvalue weighted by molar-refractivity contribution is 6.00. The van der Waals surface area contributed by atoms with Crippen molar-refractivity contribution in [3.63, 3.8) is 0 Å². The van der Waals surface area contributed by atoms with Gasteiger partial charge in [0.25, 0.3) is 5.91 Å². The van der Waals surface area contributed by atoms with Crippen molar-refractivity contribution in [2.45, 2.75) is 26.5 Å². The van der Waals surface area contributed by atoms with Crippen molar-refractivity contribution in [2.24, 2.45) is 5.92 Å². The zero-order chi connectivity index (χ0) is 20.1. The van der Waals surface area contributed by atoms with E-state index in [0.717, 1.165) is 5.39 Å². The number of rotatable bonds is 7. The Bertz CT molecular complexity index is 961. The van der Waals surface area contributed by atoms with Gasteiger partial charge in [0.05, 0.1) is 7.11 Å². The van der Waals surface area contributed by atoms with Crippen LogP contribution in [0, 0.1) is 5.92 Å². The second-order valence-electron chi connectivity index (χ2n) is 6.73. The minimum Gasteiger partial charge on any atom is -0.489 e. The SMILES string of the molecule is COC(=O)C(NC(=O)c1oc2ccccc2c1COc1ccccc1)C(C)C. The third-order valence-corrected chi connectivity index (χ3v) is 4.44. The molecule has 3 aromatic rings. The molecule has 1 atom stereocenters. The van der Waals surface area contributed by atoms with Crippen molar-refractivity contribution < 1.29 is 23.5 Å². The number of nitrogens with one attached hydrogen (secondary N) is 1. The van der Waals surface area contributed by atoms with Gasteiger partial charge in [0.15, 0.2) is 5.76 Å². The predicted octanol–water partition coefficient (Wildman–Crippen LogP) is 3.94. The number of amides is 1. The number of carbonyl (C=O) groups excluding carboxylic acids is 2. The lowest BCUT2D eigenvalue weighted by molar-refractivity contribution is -0.144. The van der Waals surface area contributed by atoms with E-state index in [4.69, 9.17) is 13.9 Å². The van der Waals surface area contributed by atoms with Gasteiger partial charge in [0, 0.05) is 10.9 Å². The fourth-order valence-electron chi connectivity index (χ4n) is 2.93. The molecule has 0 radical (unpaired) electrons. The van der Waals surface area contributed by atoms with Gasteiger partial charge in [0.1, 0.15) is 24.0 Å². The van der Waals surface area contributed by atoms with Crippen LogP contribution in [0.2, 0.25) is 0 Å². The van der Waals surface area contributed by atoms with Gasteiger partial charge < -0.3 is 19.2 Å². The van der Waals surface area contributed by atoms with Gasteiger partial charge in [-0.1, -0.05) is 50.2 Å². The third kappa shape index (κ3) is 4.17. The van der Waals surface area contributed by atoms with Crippen LogP contribution in [0.4, 0.5) is 0 Å². The van der Waals surface area contributed by atoms with Gasteiger partial charge in [-0.15, -0.1) is 0 Å². The molecule has 1 amide bonds. The number of hydrogen-bond acceptors (Lipinski definition) is 5. The highest BCUT2D eigenvalue weighted by Crippen LogP contribution is 2.27. The zero-order valence-corrected chi connectivity index (χ0v) is 16.1. The summed E-state index contributed by atoms with van der Waals surface area (Å²) in [6, 6.07) is 15.9. The lowest BCUT2D eigenvalue weighted by atomic mass is 10.0. The van der Waals surface area contributed by atoms with Crippen LogP contribution in [-0.4, -0.2) is 25.0 Å². The summed E-state index contributed by atoms with van der Waals surface area (Å²) in [5, 5.41) is 3.51. The molecule has 0 bridgehead atoms. The van der Waals surface area contributed by atoms with E-state index < -0.39 is 17.9 Å². The van der Waals surface area contributed by atoms with Crippen LogP contribution in [0.25, 0.3) is 11.0 Å². The molecule has 0 fully saturated rings. The Labute approximate surface area is 163 Å². The number of para-hydroxylation sites is 2. The number of methoxy groups -OCH3 is 1. The largest absolute Gasteiger partial charge is 0.489 e. The zero-order valence-electron chi connectivity index (χ0n) is 16.1. The second-order valence-corrected chi connectivity index (χ2v) is 6.73. The molecule has 0 aliphatic carbocycles. The monoisotopic (exact) mass is 381 g/mol. The van der Waals surface area contributed by atoms with E-state index in [1.807, 2.05) is 62.4 Å². The third-order valence-electron chi connectivity index (χ3n) is 4.44. The topological polar surface area (TPSA) is 77.8 Å². The van der Waals surface area contributed by atoms with Crippen molar-refractivity contribution in [3.05, 3.63) is 65.9 Å². The van der Waals surface area contributed by atoms with Crippen LogP contribution in [-0.2, 0) is 16.1 Å². The van der Waals surface area contributed by atoms with Gasteiger partial charge in [-0.25, -0.2) is 4.79 Å². The summed E-state index contributed by atoms with van der Waals surface area (Å²) in [4.78, 5) is 24.9. The molecule has 0 spiro atoms. The van der Waals surface area contributed by atoms with E-state index in [-0.39, 0.29) is 18.3 Å². The van der Waals surface area contributed by atoms with E-state index >= 15 is 0 Å². The first-order valence-electron chi connectivity index (χ1n) is 9.08. The summed E-state index contributed by atoms with van der Waals surface area (Å²) >= 11 is 0. The summed E-state index contributed by atoms with van der Waals surface area (Å²) in [5.41, 5.74) is 1.21. The number of esters is 1. The van der Waals surface area contributed by atoms with E-state index in [2.05, 4.69) is 5.32 Å². The smallest absolute Gasteiger partial charge is 0.328 e. The summed E-state index contributed by atoms with van der Waals surface area (Å²) in [6.07, 6.45) is 0. The van der Waals surface area contributed by atoms with Crippen molar-refractivity contribution >= 4 is 22.8 Å². The molecule has 6 heteroatoms. The minimum atomic E-state index is -0.770. The molecule has 1 unspecified atom stereocenters. The van der Waals surface area contributed by atoms with Crippen LogP contribution in [0.1, 0.15) is 30.0 Å². The standard InChI is InChI=1S/C22H23NO5/c1-14(2)19(22(25)26-3)23-21(24)20-17(13-27-15-9-5-4-6-10-15)16-11-7-8-12-18(16)28-20/h4-12,14,19H,13H2,1-3H3,(H,23,24). The molecule has 146 valence electrons.